The molecule has 2 bridgehead atoms. The maximum atomic E-state index is 13.4. The molecule has 0 radical (unpaired) electrons. The van der Waals surface area contributed by atoms with E-state index in [9.17, 15) is 13.6 Å². The Morgan fingerprint density at radius 1 is 1.16 bits per heavy atom. The molecule has 1 fully saturated rings. The molecule has 2 amide bonds. The summed E-state index contributed by atoms with van der Waals surface area (Å²) in [5.41, 5.74) is 2.56. The topological polar surface area (TPSA) is 79.8 Å². The van der Waals surface area contributed by atoms with Gasteiger partial charge in [0.2, 0.25) is 0 Å². The molecule has 6 rings (SSSR count). The third kappa shape index (κ3) is 3.06. The molecule has 2 aromatic heterocycles. The number of pyridine rings is 2. The zero-order valence-corrected chi connectivity index (χ0v) is 16.7. The number of halogens is 2. The lowest BCUT2D eigenvalue weighted by Crippen LogP contribution is -2.48. The van der Waals surface area contributed by atoms with Gasteiger partial charge in [-0.1, -0.05) is 0 Å². The van der Waals surface area contributed by atoms with E-state index in [-0.39, 0.29) is 23.6 Å². The van der Waals surface area contributed by atoms with E-state index in [1.165, 1.54) is 12.1 Å². The highest BCUT2D eigenvalue weighted by molar-refractivity contribution is 6.04. The Balaban J connectivity index is 1.37. The van der Waals surface area contributed by atoms with Crippen LogP contribution in [0.25, 0.3) is 11.3 Å². The number of carbonyl (C=O) groups excluding carboxylic acids is 1. The van der Waals surface area contributed by atoms with Gasteiger partial charge in [-0.3, -0.25) is 9.88 Å². The predicted octanol–water partition coefficient (Wildman–Crippen LogP) is 4.10. The first-order chi connectivity index (χ1) is 15.5. The second-order valence-electron chi connectivity index (χ2n) is 7.80. The lowest BCUT2D eigenvalue weighted by molar-refractivity contribution is -0.286. The third-order valence-corrected chi connectivity index (χ3v) is 5.78. The van der Waals surface area contributed by atoms with Gasteiger partial charge in [-0.2, -0.15) is 0 Å². The van der Waals surface area contributed by atoms with E-state index in [4.69, 9.17) is 4.98 Å². The molecule has 5 heterocycles. The molecule has 0 aliphatic carbocycles. The number of ether oxygens (including phenoxy) is 2. The van der Waals surface area contributed by atoms with Crippen molar-refractivity contribution in [1.82, 2.24) is 9.97 Å². The molecule has 8 nitrogen and oxygen atoms in total. The van der Waals surface area contributed by atoms with Crippen molar-refractivity contribution in [2.45, 2.75) is 18.8 Å². The largest absolute Gasteiger partial charge is 0.586 e. The fraction of sp³-hybridized carbons (Fsp3) is 0.227. The first-order valence-electron chi connectivity index (χ1n) is 10.1. The molecule has 3 aliphatic rings. The number of benzene rings is 1. The van der Waals surface area contributed by atoms with Crippen LogP contribution in [0.15, 0.2) is 54.9 Å². The van der Waals surface area contributed by atoms with Crippen LogP contribution in [0, 0.1) is 0 Å². The van der Waals surface area contributed by atoms with Crippen molar-refractivity contribution in [1.29, 1.82) is 0 Å². The summed E-state index contributed by atoms with van der Waals surface area (Å²) in [4.78, 5) is 25.9. The van der Waals surface area contributed by atoms with Crippen LogP contribution in [0.4, 0.5) is 30.8 Å². The van der Waals surface area contributed by atoms with Crippen LogP contribution >= 0.6 is 0 Å². The molecule has 0 unspecified atom stereocenters. The molecule has 1 aromatic carbocycles. The van der Waals surface area contributed by atoms with E-state index in [0.29, 0.717) is 22.8 Å². The Morgan fingerprint density at radius 2 is 2.03 bits per heavy atom. The number of fused-ring (bicyclic) bond motifs is 5. The van der Waals surface area contributed by atoms with Crippen LogP contribution in [0.5, 0.6) is 11.5 Å². The number of aromatic nitrogens is 2. The maximum Gasteiger partial charge on any atom is 0.586 e. The van der Waals surface area contributed by atoms with E-state index < -0.39 is 6.29 Å². The van der Waals surface area contributed by atoms with Gasteiger partial charge < -0.3 is 19.7 Å². The van der Waals surface area contributed by atoms with E-state index in [2.05, 4.69) is 24.7 Å². The number of alkyl halides is 2. The molecule has 32 heavy (non-hydrogen) atoms. The minimum Gasteiger partial charge on any atom is -0.395 e. The highest BCUT2D eigenvalue weighted by atomic mass is 19.3. The van der Waals surface area contributed by atoms with Gasteiger partial charge in [-0.25, -0.2) is 9.78 Å². The normalized spacial score (nSPS) is 19.6. The monoisotopic (exact) mass is 437 g/mol. The summed E-state index contributed by atoms with van der Waals surface area (Å²) < 4.78 is 35.8. The first kappa shape index (κ1) is 18.8. The SMILES string of the molecule is O=C(Nc1cccnc1)N1c2nc(-c3ccc4c(c3)OC(F)(F)O4)ccc2N2CC[C@H]1C2. The fourth-order valence-electron chi connectivity index (χ4n) is 4.36. The van der Waals surface area contributed by atoms with Crippen molar-refractivity contribution in [3.8, 4) is 22.8 Å². The van der Waals surface area contributed by atoms with Crippen LogP contribution in [0.2, 0.25) is 0 Å². The van der Waals surface area contributed by atoms with Crippen molar-refractivity contribution in [2.75, 3.05) is 28.2 Å². The minimum absolute atomic E-state index is 0.0163. The molecule has 3 aromatic rings. The first-order valence-corrected chi connectivity index (χ1v) is 10.1. The van der Waals surface area contributed by atoms with Crippen molar-refractivity contribution in [3.63, 3.8) is 0 Å². The molecule has 0 spiro atoms. The van der Waals surface area contributed by atoms with Gasteiger partial charge in [0.25, 0.3) is 0 Å². The summed E-state index contributed by atoms with van der Waals surface area (Å²) in [6.07, 6.45) is 0.356. The van der Waals surface area contributed by atoms with Gasteiger partial charge in [-0.05, 0) is 48.9 Å². The number of hydrogen-bond acceptors (Lipinski definition) is 6. The third-order valence-electron chi connectivity index (χ3n) is 5.78. The number of amides is 2. The van der Waals surface area contributed by atoms with Crippen LogP contribution in [-0.2, 0) is 0 Å². The summed E-state index contributed by atoms with van der Waals surface area (Å²) in [6.45, 7) is 1.56. The standard InChI is InChI=1S/C22H17F2N5O3/c23-22(24)31-18-6-3-13(10-19(18)32-22)16-4-5-17-20(27-16)29(15-7-9-28(17)12-15)21(30)26-14-2-1-8-25-11-14/h1-6,8,10-11,15H,7,9,12H2,(H,26,30)/t15-/m0/s1. The highest BCUT2D eigenvalue weighted by Crippen LogP contribution is 2.44. The summed E-state index contributed by atoms with van der Waals surface area (Å²) in [5.74, 6) is 0.445. The van der Waals surface area contributed by atoms with Crippen molar-refractivity contribution in [2.24, 2.45) is 0 Å². The quantitative estimate of drug-likeness (QED) is 0.651. The number of urea groups is 1. The van der Waals surface area contributed by atoms with Crippen molar-refractivity contribution in [3.05, 3.63) is 54.9 Å². The van der Waals surface area contributed by atoms with E-state index in [1.54, 1.807) is 35.5 Å². The zero-order valence-electron chi connectivity index (χ0n) is 16.7. The molecule has 1 atom stereocenters. The number of hydrogen-bond donors (Lipinski definition) is 1. The molecule has 3 aliphatic heterocycles. The molecular weight excluding hydrogens is 420 g/mol. The smallest absolute Gasteiger partial charge is 0.395 e. The van der Waals surface area contributed by atoms with Gasteiger partial charge in [0, 0.05) is 24.8 Å². The predicted molar refractivity (Wildman–Crippen MR) is 112 cm³/mol. The molecule has 1 saturated heterocycles. The molecule has 0 saturated carbocycles. The molecule has 1 N–H and O–H groups in total. The van der Waals surface area contributed by atoms with E-state index in [1.807, 2.05) is 12.1 Å². The van der Waals surface area contributed by atoms with Gasteiger partial charge in [0.05, 0.1) is 29.3 Å². The minimum atomic E-state index is -3.68. The Kier molecular flexibility index (Phi) is 3.98. The van der Waals surface area contributed by atoms with Crippen LogP contribution in [0.1, 0.15) is 6.42 Å². The van der Waals surface area contributed by atoms with Crippen LogP contribution in [0.3, 0.4) is 0 Å². The number of rotatable bonds is 2. The second-order valence-corrected chi connectivity index (χ2v) is 7.80. The molecule has 10 heteroatoms. The van der Waals surface area contributed by atoms with Crippen LogP contribution < -0.4 is 24.6 Å². The average Bonchev–Trinajstić information content (AvgIpc) is 3.33. The summed E-state index contributed by atoms with van der Waals surface area (Å²) in [5, 5.41) is 2.88. The van der Waals surface area contributed by atoms with Crippen molar-refractivity contribution < 1.29 is 23.0 Å². The fourth-order valence-corrected chi connectivity index (χ4v) is 4.36. The number of nitrogens with zero attached hydrogens (tertiary/aromatic N) is 4. The summed E-state index contributed by atoms with van der Waals surface area (Å²) in [6, 6.07) is 11.4. The van der Waals surface area contributed by atoms with Gasteiger partial charge >= 0.3 is 12.3 Å². The number of anilines is 3. The maximum absolute atomic E-state index is 13.4. The highest BCUT2D eigenvalue weighted by Gasteiger charge is 2.44. The zero-order chi connectivity index (χ0) is 21.9. The molecular formula is C22H17F2N5O3. The number of carbonyl (C=O) groups is 1. The summed E-state index contributed by atoms with van der Waals surface area (Å²) in [7, 11) is 0. The van der Waals surface area contributed by atoms with Gasteiger partial charge in [0.15, 0.2) is 17.3 Å². The van der Waals surface area contributed by atoms with Crippen LogP contribution in [-0.4, -0.2) is 41.4 Å². The molecule has 162 valence electrons. The Morgan fingerprint density at radius 3 is 2.88 bits per heavy atom. The lowest BCUT2D eigenvalue weighted by Gasteiger charge is -2.35. The van der Waals surface area contributed by atoms with Gasteiger partial charge in [-0.15, -0.1) is 8.78 Å². The number of nitrogens with one attached hydrogen (secondary N) is 1. The Hall–Kier alpha value is -3.95. The lowest BCUT2D eigenvalue weighted by atomic mass is 10.1. The second kappa shape index (κ2) is 6.78. The Bertz CT molecular complexity index is 1220. The van der Waals surface area contributed by atoms with Gasteiger partial charge in [0.1, 0.15) is 0 Å². The van der Waals surface area contributed by atoms with E-state index >= 15 is 0 Å². The van der Waals surface area contributed by atoms with E-state index in [0.717, 1.165) is 25.2 Å². The summed E-state index contributed by atoms with van der Waals surface area (Å²) >= 11 is 0. The average molecular weight is 437 g/mol. The van der Waals surface area contributed by atoms with Crippen molar-refractivity contribution >= 4 is 23.2 Å². The Labute approximate surface area is 181 Å².